The van der Waals surface area contributed by atoms with Gasteiger partial charge in [0.05, 0.1) is 5.75 Å². The lowest BCUT2D eigenvalue weighted by atomic mass is 9.90. The fraction of sp³-hybridized carbons (Fsp3) is 0.500. The van der Waals surface area contributed by atoms with Crippen LogP contribution in [0.2, 0.25) is 0 Å². The molecule has 120 valence electrons. The van der Waals surface area contributed by atoms with Gasteiger partial charge in [-0.15, -0.1) is 0 Å². The van der Waals surface area contributed by atoms with Gasteiger partial charge in [-0.05, 0) is 48.9 Å². The Morgan fingerprint density at radius 1 is 1.32 bits per heavy atom. The summed E-state index contributed by atoms with van der Waals surface area (Å²) < 4.78 is 39.1. The van der Waals surface area contributed by atoms with Crippen LogP contribution < -0.4 is 0 Å². The molecular formula is C16H21FN2O2S. The van der Waals surface area contributed by atoms with E-state index in [9.17, 15) is 12.8 Å². The van der Waals surface area contributed by atoms with Crippen LogP contribution in [0.5, 0.6) is 0 Å². The van der Waals surface area contributed by atoms with Crippen molar-refractivity contribution in [3.63, 3.8) is 0 Å². The number of rotatable bonds is 4. The van der Waals surface area contributed by atoms with Crippen LogP contribution in [0.3, 0.4) is 0 Å². The normalized spacial score (nSPS) is 18.1. The highest BCUT2D eigenvalue weighted by Gasteiger charge is 2.28. The molecule has 1 fully saturated rings. The first-order chi connectivity index (χ1) is 10.5. The first kappa shape index (κ1) is 15.5. The van der Waals surface area contributed by atoms with Crippen LogP contribution in [0.25, 0.3) is 10.9 Å². The lowest BCUT2D eigenvalue weighted by Crippen LogP contribution is -2.39. The number of fused-ring (bicyclic) bond motifs is 1. The minimum absolute atomic E-state index is 0.226. The third-order valence-corrected chi connectivity index (χ3v) is 6.50. The maximum atomic E-state index is 13.2. The predicted molar refractivity (Wildman–Crippen MR) is 85.9 cm³/mol. The average molecular weight is 324 g/mol. The molecule has 0 atom stereocenters. The van der Waals surface area contributed by atoms with Gasteiger partial charge in [-0.1, -0.05) is 6.92 Å². The lowest BCUT2D eigenvalue weighted by Gasteiger charge is -2.31. The van der Waals surface area contributed by atoms with Crippen molar-refractivity contribution in [3.05, 3.63) is 35.8 Å². The van der Waals surface area contributed by atoms with Crippen molar-refractivity contribution in [3.8, 4) is 0 Å². The van der Waals surface area contributed by atoms with Gasteiger partial charge in [0.25, 0.3) is 0 Å². The molecular weight excluding hydrogens is 303 g/mol. The Bertz CT molecular complexity index is 762. The van der Waals surface area contributed by atoms with E-state index in [2.05, 4.69) is 4.98 Å². The second-order valence-electron chi connectivity index (χ2n) is 5.92. The summed E-state index contributed by atoms with van der Waals surface area (Å²) in [7, 11) is -3.10. The Labute approximate surface area is 130 Å². The second kappa shape index (κ2) is 6.01. The predicted octanol–water partition coefficient (Wildman–Crippen LogP) is 3.23. The van der Waals surface area contributed by atoms with Crippen molar-refractivity contribution in [1.82, 2.24) is 9.29 Å². The zero-order valence-electron chi connectivity index (χ0n) is 12.7. The zero-order valence-corrected chi connectivity index (χ0v) is 13.5. The number of sulfonamides is 1. The zero-order chi connectivity index (χ0) is 15.7. The van der Waals surface area contributed by atoms with E-state index in [4.69, 9.17) is 0 Å². The molecule has 0 saturated carbocycles. The Balaban J connectivity index is 1.76. The molecule has 1 aliphatic heterocycles. The molecule has 22 heavy (non-hydrogen) atoms. The van der Waals surface area contributed by atoms with Gasteiger partial charge in [-0.3, -0.25) is 0 Å². The number of H-pyrrole nitrogens is 1. The molecule has 0 unspecified atom stereocenters. The highest BCUT2D eigenvalue weighted by molar-refractivity contribution is 7.89. The summed E-state index contributed by atoms with van der Waals surface area (Å²) in [5.74, 6) is 0.304. The highest BCUT2D eigenvalue weighted by atomic mass is 32.2. The summed E-state index contributed by atoms with van der Waals surface area (Å²) in [4.78, 5) is 3.12. The molecule has 2 heterocycles. The minimum Gasteiger partial charge on any atom is -0.361 e. The third-order valence-electron chi connectivity index (χ3n) is 4.43. The Kier molecular flexibility index (Phi) is 4.23. The van der Waals surface area contributed by atoms with E-state index >= 15 is 0 Å². The van der Waals surface area contributed by atoms with Gasteiger partial charge in [0.15, 0.2) is 0 Å². The van der Waals surface area contributed by atoms with Gasteiger partial charge in [0, 0.05) is 30.2 Å². The van der Waals surface area contributed by atoms with E-state index in [-0.39, 0.29) is 11.6 Å². The molecule has 1 N–H and O–H groups in total. The smallest absolute Gasteiger partial charge is 0.214 e. The summed E-state index contributed by atoms with van der Waals surface area (Å²) >= 11 is 0. The van der Waals surface area contributed by atoms with Gasteiger partial charge < -0.3 is 4.98 Å². The average Bonchev–Trinajstić information content (AvgIpc) is 2.90. The molecule has 1 aliphatic rings. The molecule has 1 saturated heterocycles. The fourth-order valence-corrected chi connectivity index (χ4v) is 4.83. The standard InChI is InChI=1S/C16H21FN2O2S/c1-2-9-22(20,21)19-7-5-12(6-8-19)15-11-18-16-10-13(17)3-4-14(15)16/h3-4,10-12,18H,2,5-9H2,1H3. The van der Waals surface area contributed by atoms with Crippen LogP contribution in [-0.4, -0.2) is 36.5 Å². The highest BCUT2D eigenvalue weighted by Crippen LogP contribution is 2.34. The van der Waals surface area contributed by atoms with Crippen LogP contribution in [0.15, 0.2) is 24.4 Å². The van der Waals surface area contributed by atoms with Gasteiger partial charge >= 0.3 is 0 Å². The molecule has 1 aromatic carbocycles. The van der Waals surface area contributed by atoms with Crippen molar-refractivity contribution in [2.75, 3.05) is 18.8 Å². The first-order valence-corrected chi connectivity index (χ1v) is 9.36. The summed E-state index contributed by atoms with van der Waals surface area (Å²) in [5, 5.41) is 1.04. The van der Waals surface area contributed by atoms with E-state index in [1.165, 1.54) is 17.7 Å². The molecule has 0 aliphatic carbocycles. The van der Waals surface area contributed by atoms with Crippen molar-refractivity contribution in [2.24, 2.45) is 0 Å². The molecule has 3 rings (SSSR count). The monoisotopic (exact) mass is 324 g/mol. The van der Waals surface area contributed by atoms with Gasteiger partial charge in [-0.2, -0.15) is 0 Å². The number of nitrogens with zero attached hydrogens (tertiary/aromatic N) is 1. The number of benzene rings is 1. The Hall–Kier alpha value is -1.40. The maximum Gasteiger partial charge on any atom is 0.214 e. The number of nitrogens with one attached hydrogen (secondary N) is 1. The summed E-state index contributed by atoms with van der Waals surface area (Å²) in [6, 6.07) is 4.77. The molecule has 0 radical (unpaired) electrons. The first-order valence-electron chi connectivity index (χ1n) is 7.75. The van der Waals surface area contributed by atoms with Crippen molar-refractivity contribution in [1.29, 1.82) is 0 Å². The van der Waals surface area contributed by atoms with Crippen LogP contribution in [0.4, 0.5) is 4.39 Å². The summed E-state index contributed by atoms with van der Waals surface area (Å²) in [5.41, 5.74) is 1.97. The van der Waals surface area contributed by atoms with E-state index in [1.54, 1.807) is 10.4 Å². The number of aromatic amines is 1. The van der Waals surface area contributed by atoms with E-state index < -0.39 is 10.0 Å². The van der Waals surface area contributed by atoms with Crippen LogP contribution in [0, 0.1) is 5.82 Å². The molecule has 4 nitrogen and oxygen atoms in total. The van der Waals surface area contributed by atoms with Gasteiger partial charge in [0.1, 0.15) is 5.82 Å². The molecule has 0 bridgehead atoms. The Morgan fingerprint density at radius 2 is 2.05 bits per heavy atom. The van der Waals surface area contributed by atoms with E-state index in [1.807, 2.05) is 13.1 Å². The van der Waals surface area contributed by atoms with Crippen molar-refractivity contribution < 1.29 is 12.8 Å². The van der Waals surface area contributed by atoms with E-state index in [0.717, 1.165) is 23.7 Å². The second-order valence-corrected chi connectivity index (χ2v) is 8.01. The Morgan fingerprint density at radius 3 is 2.73 bits per heavy atom. The minimum atomic E-state index is -3.10. The largest absolute Gasteiger partial charge is 0.361 e. The number of aromatic nitrogens is 1. The number of hydrogen-bond donors (Lipinski definition) is 1. The molecule has 0 spiro atoms. The fourth-order valence-electron chi connectivity index (χ4n) is 3.29. The number of piperidine rings is 1. The van der Waals surface area contributed by atoms with Crippen molar-refractivity contribution in [2.45, 2.75) is 32.1 Å². The summed E-state index contributed by atoms with van der Waals surface area (Å²) in [6.07, 6.45) is 4.21. The molecule has 2 aromatic rings. The maximum absolute atomic E-state index is 13.2. The number of hydrogen-bond acceptors (Lipinski definition) is 2. The summed E-state index contributed by atoms with van der Waals surface area (Å²) in [6.45, 7) is 3.02. The topological polar surface area (TPSA) is 53.2 Å². The SMILES string of the molecule is CCCS(=O)(=O)N1CCC(c2c[nH]c3cc(F)ccc23)CC1. The van der Waals surface area contributed by atoms with Crippen LogP contribution >= 0.6 is 0 Å². The molecule has 6 heteroatoms. The molecule has 1 aromatic heterocycles. The van der Waals surface area contributed by atoms with Crippen LogP contribution in [0.1, 0.15) is 37.7 Å². The van der Waals surface area contributed by atoms with Crippen LogP contribution in [-0.2, 0) is 10.0 Å². The third kappa shape index (κ3) is 2.90. The quantitative estimate of drug-likeness (QED) is 0.939. The lowest BCUT2D eigenvalue weighted by molar-refractivity contribution is 0.320. The van der Waals surface area contributed by atoms with Gasteiger partial charge in [0.2, 0.25) is 10.0 Å². The number of halogens is 1. The van der Waals surface area contributed by atoms with Crippen molar-refractivity contribution >= 4 is 20.9 Å². The molecule has 0 amide bonds. The van der Waals surface area contributed by atoms with Gasteiger partial charge in [-0.25, -0.2) is 17.1 Å². The van der Waals surface area contributed by atoms with E-state index in [0.29, 0.717) is 25.4 Å².